The first kappa shape index (κ1) is 15.6. The van der Waals surface area contributed by atoms with Gasteiger partial charge >= 0.3 is 0 Å². The van der Waals surface area contributed by atoms with E-state index in [1.807, 2.05) is 36.4 Å². The molecule has 1 amide bonds. The van der Waals surface area contributed by atoms with Gasteiger partial charge in [-0.15, -0.1) is 0 Å². The van der Waals surface area contributed by atoms with Crippen LogP contribution in [0.4, 0.5) is 0 Å². The Kier molecular flexibility index (Phi) is 4.47. The Labute approximate surface area is 139 Å². The van der Waals surface area contributed by atoms with Crippen molar-refractivity contribution in [2.24, 2.45) is 5.10 Å². The number of aromatic nitrogens is 1. The first-order chi connectivity index (χ1) is 11.7. The highest BCUT2D eigenvalue weighted by molar-refractivity contribution is 6.06. The fourth-order valence-electron chi connectivity index (χ4n) is 2.49. The van der Waals surface area contributed by atoms with Gasteiger partial charge in [0.25, 0.3) is 5.91 Å². The summed E-state index contributed by atoms with van der Waals surface area (Å²) < 4.78 is 10.6. The summed E-state index contributed by atoms with van der Waals surface area (Å²) in [5, 5.41) is 4.87. The topological polar surface area (TPSA) is 75.7 Å². The molecule has 0 saturated heterocycles. The van der Waals surface area contributed by atoms with Gasteiger partial charge in [-0.25, -0.2) is 5.43 Å². The van der Waals surface area contributed by atoms with Gasteiger partial charge in [-0.1, -0.05) is 24.3 Å². The zero-order valence-electron chi connectivity index (χ0n) is 13.4. The summed E-state index contributed by atoms with van der Waals surface area (Å²) in [5.74, 6) is 0.875. The van der Waals surface area contributed by atoms with Crippen LogP contribution in [0.5, 0.6) is 11.5 Å². The Hall–Kier alpha value is -3.28. The number of rotatable bonds is 5. The Morgan fingerprint density at radius 1 is 1.12 bits per heavy atom. The quantitative estimate of drug-likeness (QED) is 0.560. The van der Waals surface area contributed by atoms with Crippen LogP contribution in [-0.2, 0) is 0 Å². The number of amides is 1. The van der Waals surface area contributed by atoms with Gasteiger partial charge in [0.15, 0.2) is 11.5 Å². The number of aromatic amines is 1. The highest BCUT2D eigenvalue weighted by Gasteiger charge is 2.11. The first-order valence-corrected chi connectivity index (χ1v) is 7.35. The maximum absolute atomic E-state index is 12.3. The smallest absolute Gasteiger partial charge is 0.273 e. The molecule has 0 saturated carbocycles. The van der Waals surface area contributed by atoms with E-state index in [-0.39, 0.29) is 5.91 Å². The summed E-state index contributed by atoms with van der Waals surface area (Å²) >= 11 is 0. The van der Waals surface area contributed by atoms with Crippen molar-refractivity contribution < 1.29 is 14.3 Å². The number of hydrazone groups is 1. The van der Waals surface area contributed by atoms with E-state index in [4.69, 9.17) is 9.47 Å². The number of hydrogen-bond donors (Lipinski definition) is 2. The number of hydrogen-bond acceptors (Lipinski definition) is 4. The monoisotopic (exact) mass is 323 g/mol. The number of ether oxygens (including phenoxy) is 2. The van der Waals surface area contributed by atoms with Crippen molar-refractivity contribution in [2.45, 2.75) is 0 Å². The Morgan fingerprint density at radius 2 is 1.96 bits per heavy atom. The highest BCUT2D eigenvalue weighted by atomic mass is 16.5. The van der Waals surface area contributed by atoms with E-state index in [1.54, 1.807) is 26.5 Å². The molecule has 122 valence electrons. The minimum absolute atomic E-state index is 0.287. The Bertz CT molecular complexity index is 899. The van der Waals surface area contributed by atoms with Crippen LogP contribution in [0.25, 0.3) is 10.9 Å². The number of carbonyl (C=O) groups is 1. The van der Waals surface area contributed by atoms with Crippen LogP contribution >= 0.6 is 0 Å². The molecule has 0 unspecified atom stereocenters. The molecule has 3 aromatic rings. The lowest BCUT2D eigenvalue weighted by Gasteiger charge is -2.09. The molecule has 3 rings (SSSR count). The van der Waals surface area contributed by atoms with Gasteiger partial charge in [0, 0.05) is 22.7 Å². The van der Waals surface area contributed by atoms with Crippen molar-refractivity contribution in [1.29, 1.82) is 0 Å². The summed E-state index contributed by atoms with van der Waals surface area (Å²) in [6.07, 6.45) is 3.19. The number of fused-ring (bicyclic) bond motifs is 1. The summed E-state index contributed by atoms with van der Waals surface area (Å²) in [5.41, 5.74) is 4.68. The molecule has 1 aromatic heterocycles. The molecular weight excluding hydrogens is 306 g/mol. The number of nitrogens with zero attached hydrogens (tertiary/aromatic N) is 1. The van der Waals surface area contributed by atoms with Crippen molar-refractivity contribution in [1.82, 2.24) is 10.4 Å². The molecule has 6 nitrogen and oxygen atoms in total. The third kappa shape index (κ3) is 2.94. The van der Waals surface area contributed by atoms with Gasteiger partial charge in [-0.2, -0.15) is 5.10 Å². The molecule has 0 fully saturated rings. The number of carbonyl (C=O) groups excluding carboxylic acids is 1. The van der Waals surface area contributed by atoms with E-state index in [1.165, 1.54) is 6.21 Å². The molecule has 0 radical (unpaired) electrons. The lowest BCUT2D eigenvalue weighted by Crippen LogP contribution is -2.17. The second kappa shape index (κ2) is 6.87. The maximum atomic E-state index is 12.3. The van der Waals surface area contributed by atoms with E-state index >= 15 is 0 Å². The van der Waals surface area contributed by atoms with Crippen molar-refractivity contribution in [3.05, 3.63) is 59.8 Å². The van der Waals surface area contributed by atoms with Crippen LogP contribution in [-0.4, -0.2) is 31.3 Å². The van der Waals surface area contributed by atoms with Crippen molar-refractivity contribution in [3.63, 3.8) is 0 Å². The standard InChI is InChI=1S/C18H17N3O3/c1-23-16-9-5-6-12(17(16)24-2)10-20-21-18(22)14-11-19-15-8-4-3-7-13(14)15/h3-11,19H,1-2H3,(H,21,22). The molecule has 2 N–H and O–H groups in total. The lowest BCUT2D eigenvalue weighted by atomic mass is 10.2. The third-order valence-corrected chi connectivity index (χ3v) is 3.64. The van der Waals surface area contributed by atoms with Gasteiger partial charge < -0.3 is 14.5 Å². The largest absolute Gasteiger partial charge is 0.493 e. The van der Waals surface area contributed by atoms with Gasteiger partial charge in [0.05, 0.1) is 26.0 Å². The molecule has 6 heteroatoms. The number of H-pyrrole nitrogens is 1. The molecule has 0 spiro atoms. The minimum atomic E-state index is -0.287. The minimum Gasteiger partial charge on any atom is -0.493 e. The zero-order chi connectivity index (χ0) is 16.9. The molecule has 0 atom stereocenters. The van der Waals surface area contributed by atoms with E-state index in [9.17, 15) is 4.79 Å². The molecular formula is C18H17N3O3. The van der Waals surface area contributed by atoms with E-state index in [0.717, 1.165) is 10.9 Å². The Morgan fingerprint density at radius 3 is 2.75 bits per heavy atom. The molecule has 0 bridgehead atoms. The predicted octanol–water partition coefficient (Wildman–Crippen LogP) is 2.95. The Balaban J connectivity index is 1.78. The van der Waals surface area contributed by atoms with Crippen molar-refractivity contribution >= 4 is 23.0 Å². The molecule has 0 aliphatic carbocycles. The lowest BCUT2D eigenvalue weighted by molar-refractivity contribution is 0.0957. The number of nitrogens with one attached hydrogen (secondary N) is 2. The van der Waals surface area contributed by atoms with Crippen LogP contribution in [0.3, 0.4) is 0 Å². The number of para-hydroxylation sites is 2. The van der Waals surface area contributed by atoms with Gasteiger partial charge in [0.1, 0.15) is 0 Å². The van der Waals surface area contributed by atoms with Crippen molar-refractivity contribution in [2.75, 3.05) is 14.2 Å². The molecule has 0 aliphatic rings. The van der Waals surface area contributed by atoms with Gasteiger partial charge in [-0.05, 0) is 18.2 Å². The van der Waals surface area contributed by atoms with Crippen LogP contribution in [0.1, 0.15) is 15.9 Å². The van der Waals surface area contributed by atoms with Gasteiger partial charge in [0.2, 0.25) is 0 Å². The van der Waals surface area contributed by atoms with Gasteiger partial charge in [-0.3, -0.25) is 4.79 Å². The number of benzene rings is 2. The average Bonchev–Trinajstić information content (AvgIpc) is 3.05. The fraction of sp³-hybridized carbons (Fsp3) is 0.111. The zero-order valence-corrected chi connectivity index (χ0v) is 13.4. The van der Waals surface area contributed by atoms with Crippen LogP contribution in [0.2, 0.25) is 0 Å². The van der Waals surface area contributed by atoms with Crippen LogP contribution in [0.15, 0.2) is 53.8 Å². The van der Waals surface area contributed by atoms with Crippen LogP contribution in [0, 0.1) is 0 Å². The molecule has 0 aliphatic heterocycles. The number of methoxy groups -OCH3 is 2. The van der Waals surface area contributed by atoms with Crippen molar-refractivity contribution in [3.8, 4) is 11.5 Å². The second-order valence-corrected chi connectivity index (χ2v) is 5.03. The third-order valence-electron chi connectivity index (χ3n) is 3.64. The van der Waals surface area contributed by atoms with E-state index < -0.39 is 0 Å². The summed E-state index contributed by atoms with van der Waals surface area (Å²) in [4.78, 5) is 15.3. The predicted molar refractivity (Wildman–Crippen MR) is 92.9 cm³/mol. The van der Waals surface area contributed by atoms with E-state index in [2.05, 4.69) is 15.5 Å². The van der Waals surface area contributed by atoms with Crippen LogP contribution < -0.4 is 14.9 Å². The average molecular weight is 323 g/mol. The summed E-state index contributed by atoms with van der Waals surface area (Å²) in [6, 6.07) is 13.0. The molecule has 24 heavy (non-hydrogen) atoms. The van der Waals surface area contributed by atoms with E-state index in [0.29, 0.717) is 22.6 Å². The maximum Gasteiger partial charge on any atom is 0.273 e. The summed E-state index contributed by atoms with van der Waals surface area (Å²) in [6.45, 7) is 0. The SMILES string of the molecule is COc1cccc(C=NNC(=O)c2c[nH]c3ccccc23)c1OC. The fourth-order valence-corrected chi connectivity index (χ4v) is 2.49. The normalized spacial score (nSPS) is 10.9. The first-order valence-electron chi connectivity index (χ1n) is 7.35. The molecule has 2 aromatic carbocycles. The second-order valence-electron chi connectivity index (χ2n) is 5.03. The summed E-state index contributed by atoms with van der Waals surface area (Å²) in [7, 11) is 3.12. The molecule has 1 heterocycles. The highest BCUT2D eigenvalue weighted by Crippen LogP contribution is 2.29.